The quantitative estimate of drug-likeness (QED) is 0.409. The Labute approximate surface area is 165 Å². The summed E-state index contributed by atoms with van der Waals surface area (Å²) < 4.78 is 23.2. The van der Waals surface area contributed by atoms with Gasteiger partial charge >= 0.3 is 17.1 Å². The second-order valence-electron chi connectivity index (χ2n) is 7.48. The van der Waals surface area contributed by atoms with Crippen LogP contribution in [0.2, 0.25) is 0 Å². The zero-order valence-corrected chi connectivity index (χ0v) is 18.8. The number of hydrogen-bond donors (Lipinski definition) is 0. The maximum absolute atomic E-state index is 11.6. The van der Waals surface area contributed by atoms with Crippen LogP contribution < -0.4 is 9.79 Å². The minimum absolute atomic E-state index is 0. The van der Waals surface area contributed by atoms with Crippen molar-refractivity contribution in [1.29, 1.82) is 0 Å². The summed E-state index contributed by atoms with van der Waals surface area (Å²) in [4.78, 5) is 23.2. The van der Waals surface area contributed by atoms with E-state index >= 15 is 0 Å². The minimum atomic E-state index is -3.01. The molecular weight excluding hydrogens is 398 g/mol. The Hall–Kier alpha value is 0.899. The van der Waals surface area contributed by atoms with E-state index in [0.717, 1.165) is 77.0 Å². The maximum atomic E-state index is 11.6. The predicted octanol–water partition coefficient (Wildman–Crippen LogP) is 4.73. The van der Waals surface area contributed by atoms with E-state index in [1.165, 1.54) is 0 Å². The van der Waals surface area contributed by atoms with Crippen LogP contribution in [0.4, 0.5) is 0 Å². The molecule has 0 amide bonds. The summed E-state index contributed by atoms with van der Waals surface area (Å²) in [6, 6.07) is 0. The van der Waals surface area contributed by atoms with Gasteiger partial charge in [-0.15, -0.1) is 0 Å². The van der Waals surface area contributed by atoms with Gasteiger partial charge in [0.25, 0.3) is 0 Å². The molecule has 2 aliphatic carbocycles. The van der Waals surface area contributed by atoms with Crippen LogP contribution in [0.1, 0.15) is 90.9 Å². The average Bonchev–Trinajstić information content (AvgIpc) is 3.24. The van der Waals surface area contributed by atoms with Crippen LogP contribution in [0.5, 0.6) is 0 Å². The zero-order chi connectivity index (χ0) is 18.1. The summed E-state index contributed by atoms with van der Waals surface area (Å²) in [7, 11) is -6.01. The number of unbranched alkanes of at least 4 members (excludes halogenated alkanes) is 2. The Bertz CT molecular complexity index is 393. The first-order valence-corrected chi connectivity index (χ1v) is 13.7. The Kier molecular flexibility index (Phi) is 13.6. The zero-order valence-electron chi connectivity index (χ0n) is 15.9. The SMILES string of the molecule is CCCCP(=O)([O-])C1CCCC1.CCCCP(=O)([O-])C1CCCC1.[Fe+2]. The van der Waals surface area contributed by atoms with E-state index in [1.807, 2.05) is 13.8 Å². The molecule has 2 aliphatic rings. The van der Waals surface area contributed by atoms with E-state index in [0.29, 0.717) is 12.3 Å². The summed E-state index contributed by atoms with van der Waals surface area (Å²) in [6.45, 7) is 4.07. The normalized spacial score (nSPS) is 23.2. The third-order valence-corrected chi connectivity index (χ3v) is 10.5. The molecule has 0 aromatic carbocycles. The van der Waals surface area contributed by atoms with Gasteiger partial charge in [0, 0.05) is 14.7 Å². The Morgan fingerprint density at radius 2 is 1.00 bits per heavy atom. The van der Waals surface area contributed by atoms with Crippen molar-refractivity contribution in [3.63, 3.8) is 0 Å². The molecule has 0 aliphatic heterocycles. The van der Waals surface area contributed by atoms with Gasteiger partial charge in [0.05, 0.1) is 0 Å². The van der Waals surface area contributed by atoms with Crippen LogP contribution in [0.3, 0.4) is 0 Å². The van der Waals surface area contributed by atoms with Gasteiger partial charge in [0.15, 0.2) is 0 Å². The molecule has 4 nitrogen and oxygen atoms in total. The number of rotatable bonds is 8. The molecule has 0 N–H and O–H groups in total. The fourth-order valence-electron chi connectivity index (χ4n) is 3.72. The van der Waals surface area contributed by atoms with Crippen molar-refractivity contribution < 1.29 is 36.0 Å². The van der Waals surface area contributed by atoms with Crippen molar-refractivity contribution in [3.05, 3.63) is 0 Å². The largest absolute Gasteiger partial charge is 2.00 e. The third kappa shape index (κ3) is 9.59. The van der Waals surface area contributed by atoms with E-state index in [2.05, 4.69) is 0 Å². The molecule has 0 aromatic rings. The van der Waals surface area contributed by atoms with Gasteiger partial charge in [-0.25, -0.2) is 0 Å². The number of hydrogen-bond acceptors (Lipinski definition) is 4. The molecule has 2 unspecified atom stereocenters. The summed E-state index contributed by atoms with van der Waals surface area (Å²) in [5.74, 6) is 0. The minimum Gasteiger partial charge on any atom is -0.799 e. The van der Waals surface area contributed by atoms with E-state index < -0.39 is 14.7 Å². The van der Waals surface area contributed by atoms with Crippen molar-refractivity contribution in [2.45, 2.75) is 102 Å². The Balaban J connectivity index is 0.000000443. The standard InChI is InChI=1S/2C9H19O2P.Fe/c2*1-2-3-8-12(10,11)9-6-4-5-7-9;/h2*9H,2-8H2,1H3,(H,10,11);/q;;+2/p-2. The van der Waals surface area contributed by atoms with Gasteiger partial charge in [-0.1, -0.05) is 52.4 Å². The van der Waals surface area contributed by atoms with Crippen LogP contribution in [0, 0.1) is 0 Å². The molecular formula is C18H36FeO4P2. The summed E-state index contributed by atoms with van der Waals surface area (Å²) >= 11 is 0. The molecule has 2 saturated carbocycles. The summed E-state index contributed by atoms with van der Waals surface area (Å²) in [5.41, 5.74) is 0.0631. The average molecular weight is 434 g/mol. The van der Waals surface area contributed by atoms with E-state index in [1.54, 1.807) is 0 Å². The van der Waals surface area contributed by atoms with Crippen LogP contribution >= 0.6 is 14.7 Å². The van der Waals surface area contributed by atoms with E-state index in [9.17, 15) is 18.9 Å². The van der Waals surface area contributed by atoms with Gasteiger partial charge in [-0.05, 0) is 62.2 Å². The van der Waals surface area contributed by atoms with Crippen LogP contribution in [-0.4, -0.2) is 23.6 Å². The van der Waals surface area contributed by atoms with Crippen LogP contribution in [-0.2, 0) is 26.2 Å². The van der Waals surface area contributed by atoms with Crippen LogP contribution in [0.25, 0.3) is 0 Å². The molecule has 150 valence electrons. The van der Waals surface area contributed by atoms with Crippen LogP contribution in [0.15, 0.2) is 0 Å². The van der Waals surface area contributed by atoms with Crippen molar-refractivity contribution in [2.24, 2.45) is 0 Å². The van der Waals surface area contributed by atoms with Gasteiger partial charge in [0.2, 0.25) is 0 Å². The molecule has 2 rings (SSSR count). The van der Waals surface area contributed by atoms with Gasteiger partial charge in [-0.2, -0.15) is 0 Å². The second-order valence-corrected chi connectivity index (χ2v) is 12.7. The molecule has 7 heteroatoms. The van der Waals surface area contributed by atoms with E-state index in [-0.39, 0.29) is 28.4 Å². The fraction of sp³-hybridized carbons (Fsp3) is 1.00. The summed E-state index contributed by atoms with van der Waals surface area (Å²) in [6.07, 6.45) is 12.7. The first-order valence-electron chi connectivity index (χ1n) is 9.93. The van der Waals surface area contributed by atoms with Crippen molar-refractivity contribution in [2.75, 3.05) is 12.3 Å². The smallest absolute Gasteiger partial charge is 0.799 e. The molecule has 0 heterocycles. The van der Waals surface area contributed by atoms with Crippen molar-refractivity contribution in [1.82, 2.24) is 0 Å². The Morgan fingerprint density at radius 3 is 1.24 bits per heavy atom. The molecule has 0 bridgehead atoms. The molecule has 2 fully saturated rings. The second kappa shape index (κ2) is 13.1. The fourth-order valence-corrected chi connectivity index (χ4v) is 8.27. The third-order valence-electron chi connectivity index (χ3n) is 5.41. The van der Waals surface area contributed by atoms with Crippen molar-refractivity contribution >= 4 is 14.7 Å². The molecule has 0 spiro atoms. The predicted molar refractivity (Wildman–Crippen MR) is 99.3 cm³/mol. The first kappa shape index (κ1) is 25.9. The molecule has 0 radical (unpaired) electrons. The summed E-state index contributed by atoms with van der Waals surface area (Å²) in [5, 5.41) is 0. The van der Waals surface area contributed by atoms with E-state index in [4.69, 9.17) is 0 Å². The molecule has 0 saturated heterocycles. The van der Waals surface area contributed by atoms with Gasteiger partial charge < -0.3 is 18.9 Å². The monoisotopic (exact) mass is 434 g/mol. The topological polar surface area (TPSA) is 80.3 Å². The molecule has 2 atom stereocenters. The van der Waals surface area contributed by atoms with Gasteiger partial charge in [-0.3, -0.25) is 0 Å². The first-order chi connectivity index (χ1) is 11.3. The Morgan fingerprint density at radius 1 is 0.720 bits per heavy atom. The van der Waals surface area contributed by atoms with Crippen molar-refractivity contribution in [3.8, 4) is 0 Å². The molecule has 0 aromatic heterocycles. The maximum Gasteiger partial charge on any atom is 2.00 e. The molecule has 25 heavy (non-hydrogen) atoms. The van der Waals surface area contributed by atoms with Gasteiger partial charge in [0.1, 0.15) is 0 Å².